The standard InChI is InChI=1S/C11H16P2/c1-3-4-9-12-13-11-8-6-5-7-10(11)2/h5-8H,3-4,9H2,1-2H3. The van der Waals surface area contributed by atoms with E-state index in [9.17, 15) is 0 Å². The molecule has 0 nitrogen and oxygen atoms in total. The third-order valence-corrected chi connectivity index (χ3v) is 4.95. The molecule has 1 aromatic carbocycles. The van der Waals surface area contributed by atoms with Gasteiger partial charge in [-0.3, -0.25) is 0 Å². The highest BCUT2D eigenvalue weighted by atomic mass is 32.0. The Morgan fingerprint density at radius 1 is 1.23 bits per heavy atom. The van der Waals surface area contributed by atoms with Gasteiger partial charge in [-0.15, -0.1) is 0 Å². The Labute approximate surface area is 85.0 Å². The van der Waals surface area contributed by atoms with Crippen molar-refractivity contribution < 1.29 is 0 Å². The fraction of sp³-hybridized carbons (Fsp3) is 0.455. The number of benzene rings is 1. The fourth-order valence-electron chi connectivity index (χ4n) is 1.03. The molecular weight excluding hydrogens is 194 g/mol. The normalized spacial score (nSPS) is 12.2. The smallest absolute Gasteiger partial charge is 0.0106 e. The van der Waals surface area contributed by atoms with E-state index in [2.05, 4.69) is 38.1 Å². The molecule has 0 fully saturated rings. The van der Waals surface area contributed by atoms with Crippen molar-refractivity contribution in [2.75, 3.05) is 6.16 Å². The van der Waals surface area contributed by atoms with Gasteiger partial charge in [0, 0.05) is 0 Å². The van der Waals surface area contributed by atoms with Crippen molar-refractivity contribution in [1.29, 1.82) is 0 Å². The van der Waals surface area contributed by atoms with E-state index in [1.165, 1.54) is 38.1 Å². The molecule has 1 aromatic rings. The van der Waals surface area contributed by atoms with Gasteiger partial charge in [0.05, 0.1) is 0 Å². The van der Waals surface area contributed by atoms with E-state index in [0.717, 1.165) is 0 Å². The maximum Gasteiger partial charge on any atom is -0.0106 e. The van der Waals surface area contributed by atoms with Crippen LogP contribution in [0.1, 0.15) is 25.3 Å². The second-order valence-corrected chi connectivity index (χ2v) is 5.97. The summed E-state index contributed by atoms with van der Waals surface area (Å²) in [6.07, 6.45) is 4.02. The van der Waals surface area contributed by atoms with Crippen molar-refractivity contribution in [3.05, 3.63) is 29.8 Å². The minimum absolute atomic E-state index is 1.32. The zero-order chi connectivity index (χ0) is 9.52. The van der Waals surface area contributed by atoms with Gasteiger partial charge in [-0.2, -0.15) is 0 Å². The number of hydrogen-bond acceptors (Lipinski definition) is 0. The van der Waals surface area contributed by atoms with Crippen LogP contribution in [0.25, 0.3) is 0 Å². The second-order valence-electron chi connectivity index (χ2n) is 3.11. The van der Waals surface area contributed by atoms with Crippen LogP contribution in [0.3, 0.4) is 0 Å². The number of rotatable bonds is 5. The summed E-state index contributed by atoms with van der Waals surface area (Å²) < 4.78 is 0. The van der Waals surface area contributed by atoms with Crippen LogP contribution < -0.4 is 5.30 Å². The van der Waals surface area contributed by atoms with Gasteiger partial charge in [0.2, 0.25) is 0 Å². The third-order valence-electron chi connectivity index (χ3n) is 1.91. The van der Waals surface area contributed by atoms with Crippen molar-refractivity contribution in [2.45, 2.75) is 26.7 Å². The summed E-state index contributed by atoms with van der Waals surface area (Å²) in [6.45, 7) is 4.44. The molecule has 0 aliphatic rings. The Morgan fingerprint density at radius 2 is 2.00 bits per heavy atom. The first-order chi connectivity index (χ1) is 6.34. The Kier molecular flexibility index (Phi) is 5.60. The van der Waals surface area contributed by atoms with Crippen LogP contribution in [-0.2, 0) is 0 Å². The highest BCUT2D eigenvalue weighted by Crippen LogP contribution is 2.37. The van der Waals surface area contributed by atoms with Crippen LogP contribution in [0.15, 0.2) is 24.3 Å². The van der Waals surface area contributed by atoms with Gasteiger partial charge in [0.15, 0.2) is 0 Å². The van der Waals surface area contributed by atoms with E-state index in [1.807, 2.05) is 0 Å². The van der Waals surface area contributed by atoms with Crippen molar-refractivity contribution in [1.82, 2.24) is 0 Å². The molecule has 0 bridgehead atoms. The van der Waals surface area contributed by atoms with Crippen LogP contribution in [0.5, 0.6) is 0 Å². The van der Waals surface area contributed by atoms with Gasteiger partial charge in [0.25, 0.3) is 0 Å². The Balaban J connectivity index is 2.32. The predicted molar refractivity (Wildman–Crippen MR) is 64.4 cm³/mol. The molecule has 2 heteroatoms. The predicted octanol–water partition coefficient (Wildman–Crippen LogP) is 4.23. The first-order valence-corrected chi connectivity index (χ1v) is 7.45. The Bertz CT molecular complexity index is 246. The van der Waals surface area contributed by atoms with Gasteiger partial charge >= 0.3 is 0 Å². The zero-order valence-electron chi connectivity index (χ0n) is 8.33. The molecule has 0 unspecified atom stereocenters. The van der Waals surface area contributed by atoms with Gasteiger partial charge in [-0.05, 0) is 46.9 Å². The van der Waals surface area contributed by atoms with E-state index < -0.39 is 0 Å². The molecule has 0 aliphatic carbocycles. The molecule has 1 rings (SSSR count). The van der Waals surface area contributed by atoms with Crippen LogP contribution in [-0.4, -0.2) is 6.16 Å². The molecule has 0 saturated heterocycles. The van der Waals surface area contributed by atoms with E-state index >= 15 is 0 Å². The minimum Gasteiger partial charge on any atom is -0.0654 e. The van der Waals surface area contributed by atoms with Crippen molar-refractivity contribution in [3.63, 3.8) is 0 Å². The lowest BCUT2D eigenvalue weighted by Gasteiger charge is -2.02. The highest BCUT2D eigenvalue weighted by molar-refractivity contribution is 8.15. The van der Waals surface area contributed by atoms with Crippen LogP contribution >= 0.6 is 16.5 Å². The van der Waals surface area contributed by atoms with Crippen LogP contribution in [0, 0.1) is 6.92 Å². The molecule has 0 saturated carbocycles. The van der Waals surface area contributed by atoms with Gasteiger partial charge in [0.1, 0.15) is 0 Å². The summed E-state index contributed by atoms with van der Waals surface area (Å²) in [4.78, 5) is 0. The Morgan fingerprint density at radius 3 is 2.69 bits per heavy atom. The topological polar surface area (TPSA) is 0 Å². The van der Waals surface area contributed by atoms with E-state index in [-0.39, 0.29) is 0 Å². The summed E-state index contributed by atoms with van der Waals surface area (Å²) in [5.41, 5.74) is 1.42. The van der Waals surface area contributed by atoms with Crippen molar-refractivity contribution >= 4 is 21.8 Å². The molecule has 0 aromatic heterocycles. The fourth-order valence-corrected chi connectivity index (χ4v) is 3.98. The first kappa shape index (κ1) is 11.2. The van der Waals surface area contributed by atoms with Crippen LogP contribution in [0.4, 0.5) is 0 Å². The molecular formula is C11H16P2. The number of hydrogen-bond donors (Lipinski definition) is 0. The molecule has 0 heterocycles. The molecule has 0 atom stereocenters. The maximum atomic E-state index is 2.25. The van der Waals surface area contributed by atoms with Crippen LogP contribution in [0.2, 0.25) is 0 Å². The zero-order valence-corrected chi connectivity index (χ0v) is 10.1. The minimum atomic E-state index is 1.32. The molecule has 0 aliphatic heterocycles. The molecule has 0 N–H and O–H groups in total. The monoisotopic (exact) mass is 210 g/mol. The maximum absolute atomic E-state index is 2.25. The summed E-state index contributed by atoms with van der Waals surface area (Å²) in [7, 11) is 3.02. The van der Waals surface area contributed by atoms with Gasteiger partial charge < -0.3 is 0 Å². The largest absolute Gasteiger partial charge is 0.0654 e. The molecule has 2 radical (unpaired) electrons. The first-order valence-electron chi connectivity index (χ1n) is 4.77. The summed E-state index contributed by atoms with van der Waals surface area (Å²) in [5, 5.41) is 1.49. The average Bonchev–Trinajstić information content (AvgIpc) is 2.15. The number of unbranched alkanes of at least 4 members (excludes halogenated alkanes) is 1. The average molecular weight is 210 g/mol. The molecule has 0 spiro atoms. The van der Waals surface area contributed by atoms with Gasteiger partial charge in [-0.25, -0.2) is 0 Å². The lowest BCUT2D eigenvalue weighted by molar-refractivity contribution is 0.896. The molecule has 70 valence electrons. The summed E-state index contributed by atoms with van der Waals surface area (Å²) in [6, 6.07) is 8.66. The third kappa shape index (κ3) is 4.21. The Hall–Kier alpha value is 0.0800. The van der Waals surface area contributed by atoms with Gasteiger partial charge in [-0.1, -0.05) is 37.6 Å². The number of aryl methyl sites for hydroxylation is 1. The lowest BCUT2D eigenvalue weighted by atomic mass is 10.2. The van der Waals surface area contributed by atoms with Crippen molar-refractivity contribution in [3.8, 4) is 0 Å². The lowest BCUT2D eigenvalue weighted by Crippen LogP contribution is -1.96. The quantitative estimate of drug-likeness (QED) is 0.504. The summed E-state index contributed by atoms with van der Waals surface area (Å²) >= 11 is 0. The van der Waals surface area contributed by atoms with E-state index in [4.69, 9.17) is 0 Å². The van der Waals surface area contributed by atoms with E-state index in [0.29, 0.717) is 0 Å². The SMILES string of the molecule is CCCC[P][P]c1ccccc1C. The summed E-state index contributed by atoms with van der Waals surface area (Å²) in [5.74, 6) is 0. The second kappa shape index (κ2) is 6.52. The highest BCUT2D eigenvalue weighted by Gasteiger charge is 1.97. The van der Waals surface area contributed by atoms with Crippen molar-refractivity contribution in [2.24, 2.45) is 0 Å². The molecule has 0 amide bonds. The molecule has 13 heavy (non-hydrogen) atoms. The van der Waals surface area contributed by atoms with E-state index in [1.54, 1.807) is 8.27 Å².